The number of carbonyl (C=O) groups excluding carboxylic acids is 1. The Morgan fingerprint density at radius 2 is 1.94 bits per heavy atom. The summed E-state index contributed by atoms with van der Waals surface area (Å²) in [6.45, 7) is 2.28. The van der Waals surface area contributed by atoms with Gasteiger partial charge in [0.05, 0.1) is 7.11 Å². The molecule has 1 heterocycles. The monoisotopic (exact) mass is 264 g/mol. The second-order valence-corrected chi connectivity index (χ2v) is 4.14. The first-order chi connectivity index (χ1) is 8.52. The Balaban J connectivity index is 2.69. The molecule has 0 amide bonds. The van der Waals surface area contributed by atoms with E-state index in [4.69, 9.17) is 9.47 Å². The molecular weight excluding hydrogens is 244 g/mol. The lowest BCUT2D eigenvalue weighted by atomic mass is 9.98. The van der Waals surface area contributed by atoms with Gasteiger partial charge in [0.1, 0.15) is 18.3 Å². The Bertz CT molecular complexity index is 270. The van der Waals surface area contributed by atoms with Crippen molar-refractivity contribution < 1.29 is 34.3 Å². The maximum Gasteiger partial charge on any atom is 0.337 e. The minimum absolute atomic E-state index is 0.315. The fraction of sp³-hybridized carbons (Fsp3) is 0.909. The number of carbonyl (C=O) groups is 1. The minimum atomic E-state index is -1.59. The maximum atomic E-state index is 11.3. The predicted octanol–water partition coefficient (Wildman–Crippen LogP) is -1.22. The van der Waals surface area contributed by atoms with E-state index in [2.05, 4.69) is 4.74 Å². The highest BCUT2D eigenvalue weighted by atomic mass is 16.7. The molecule has 3 N–H and O–H groups in total. The Morgan fingerprint density at radius 1 is 1.28 bits per heavy atom. The van der Waals surface area contributed by atoms with E-state index in [0.29, 0.717) is 6.61 Å². The topological polar surface area (TPSA) is 105 Å². The molecule has 2 unspecified atom stereocenters. The Kier molecular flexibility index (Phi) is 5.97. The van der Waals surface area contributed by atoms with E-state index in [-0.39, 0.29) is 0 Å². The first kappa shape index (κ1) is 15.3. The fourth-order valence-corrected chi connectivity index (χ4v) is 1.72. The van der Waals surface area contributed by atoms with E-state index in [1.807, 2.05) is 6.92 Å². The summed E-state index contributed by atoms with van der Waals surface area (Å²) in [5, 5.41) is 29.0. The molecule has 1 aliphatic heterocycles. The molecule has 0 radical (unpaired) electrons. The van der Waals surface area contributed by atoms with E-state index in [9.17, 15) is 20.1 Å². The molecule has 7 nitrogen and oxygen atoms in total. The average molecular weight is 264 g/mol. The third-order valence-corrected chi connectivity index (χ3v) is 2.80. The van der Waals surface area contributed by atoms with Crippen molar-refractivity contribution in [1.82, 2.24) is 0 Å². The number of aliphatic hydroxyl groups is 3. The van der Waals surface area contributed by atoms with E-state index >= 15 is 0 Å². The summed E-state index contributed by atoms with van der Waals surface area (Å²) in [6.07, 6.45) is -5.19. The van der Waals surface area contributed by atoms with Gasteiger partial charge >= 0.3 is 5.97 Å². The Hall–Kier alpha value is -0.730. The number of hydrogen-bond donors (Lipinski definition) is 3. The number of rotatable bonds is 5. The summed E-state index contributed by atoms with van der Waals surface area (Å²) in [7, 11) is 1.14. The van der Waals surface area contributed by atoms with Gasteiger partial charge in [0.15, 0.2) is 12.4 Å². The lowest BCUT2D eigenvalue weighted by Crippen LogP contribution is -2.60. The number of hydrogen-bond acceptors (Lipinski definition) is 7. The third kappa shape index (κ3) is 3.39. The van der Waals surface area contributed by atoms with Crippen LogP contribution in [0.3, 0.4) is 0 Å². The van der Waals surface area contributed by atoms with Crippen LogP contribution >= 0.6 is 0 Å². The molecule has 0 bridgehead atoms. The Morgan fingerprint density at radius 3 is 2.50 bits per heavy atom. The molecule has 0 saturated carbocycles. The van der Waals surface area contributed by atoms with Crippen LogP contribution in [0, 0.1) is 0 Å². The van der Waals surface area contributed by atoms with Crippen molar-refractivity contribution in [1.29, 1.82) is 0 Å². The maximum absolute atomic E-state index is 11.3. The summed E-state index contributed by atoms with van der Waals surface area (Å²) in [5.41, 5.74) is 0. The minimum Gasteiger partial charge on any atom is -0.467 e. The van der Waals surface area contributed by atoms with Gasteiger partial charge in [-0.3, -0.25) is 0 Å². The van der Waals surface area contributed by atoms with Gasteiger partial charge in [-0.1, -0.05) is 13.3 Å². The molecule has 1 rings (SSSR count). The molecule has 0 aliphatic carbocycles. The normalized spacial score (nSPS) is 36.4. The van der Waals surface area contributed by atoms with Crippen LogP contribution in [0.25, 0.3) is 0 Å². The van der Waals surface area contributed by atoms with Crippen molar-refractivity contribution in [2.75, 3.05) is 13.7 Å². The van der Waals surface area contributed by atoms with Crippen LogP contribution in [0.1, 0.15) is 19.8 Å². The molecular formula is C11H20O7. The first-order valence-corrected chi connectivity index (χ1v) is 5.92. The van der Waals surface area contributed by atoms with Crippen molar-refractivity contribution in [3.05, 3.63) is 0 Å². The molecule has 0 aromatic carbocycles. The first-order valence-electron chi connectivity index (χ1n) is 5.92. The fourth-order valence-electron chi connectivity index (χ4n) is 1.72. The van der Waals surface area contributed by atoms with Gasteiger partial charge in [0.25, 0.3) is 0 Å². The number of esters is 1. The zero-order chi connectivity index (χ0) is 13.7. The second kappa shape index (κ2) is 7.01. The summed E-state index contributed by atoms with van der Waals surface area (Å²) < 4.78 is 14.5. The number of methoxy groups -OCH3 is 1. The van der Waals surface area contributed by atoms with Gasteiger partial charge in [-0.25, -0.2) is 4.79 Å². The third-order valence-electron chi connectivity index (χ3n) is 2.80. The smallest absolute Gasteiger partial charge is 0.337 e. The van der Waals surface area contributed by atoms with Gasteiger partial charge in [0.2, 0.25) is 0 Å². The van der Waals surface area contributed by atoms with E-state index < -0.39 is 36.7 Å². The van der Waals surface area contributed by atoms with Crippen LogP contribution in [0.4, 0.5) is 0 Å². The molecule has 1 aliphatic rings. The summed E-state index contributed by atoms with van der Waals surface area (Å²) in [6, 6.07) is 0. The van der Waals surface area contributed by atoms with Gasteiger partial charge in [-0.2, -0.15) is 0 Å². The van der Waals surface area contributed by atoms with E-state index in [0.717, 1.165) is 20.0 Å². The largest absolute Gasteiger partial charge is 0.467 e. The molecule has 7 heteroatoms. The molecule has 5 atom stereocenters. The predicted molar refractivity (Wildman–Crippen MR) is 59.6 cm³/mol. The Labute approximate surface area is 105 Å². The molecule has 0 spiro atoms. The zero-order valence-electron chi connectivity index (χ0n) is 10.5. The summed E-state index contributed by atoms with van der Waals surface area (Å²) in [5.74, 6) is -0.822. The molecule has 18 heavy (non-hydrogen) atoms. The average Bonchev–Trinajstić information content (AvgIpc) is 2.37. The molecule has 1 saturated heterocycles. The lowest BCUT2D eigenvalue weighted by molar-refractivity contribution is -0.288. The van der Waals surface area contributed by atoms with Crippen molar-refractivity contribution in [2.45, 2.75) is 50.5 Å². The van der Waals surface area contributed by atoms with Crippen molar-refractivity contribution in [3.8, 4) is 0 Å². The number of ether oxygens (including phenoxy) is 3. The molecule has 1 fully saturated rings. The molecule has 106 valence electrons. The van der Waals surface area contributed by atoms with Crippen LogP contribution in [0.2, 0.25) is 0 Å². The van der Waals surface area contributed by atoms with Crippen LogP contribution in [0.15, 0.2) is 0 Å². The van der Waals surface area contributed by atoms with Crippen LogP contribution in [0.5, 0.6) is 0 Å². The summed E-state index contributed by atoms with van der Waals surface area (Å²) in [4.78, 5) is 11.3. The molecule has 0 aromatic heterocycles. The highest BCUT2D eigenvalue weighted by Crippen LogP contribution is 2.23. The van der Waals surface area contributed by atoms with Crippen LogP contribution in [-0.2, 0) is 19.0 Å². The van der Waals surface area contributed by atoms with Gasteiger partial charge < -0.3 is 29.5 Å². The SMILES string of the molecule is CCCCOC1[C@H](O)C(O)O[C@@H](C(=O)OC)[C@H]1O. The van der Waals surface area contributed by atoms with Crippen molar-refractivity contribution >= 4 is 5.97 Å². The second-order valence-electron chi connectivity index (χ2n) is 4.14. The van der Waals surface area contributed by atoms with Gasteiger partial charge in [0, 0.05) is 6.61 Å². The van der Waals surface area contributed by atoms with Gasteiger partial charge in [-0.15, -0.1) is 0 Å². The quantitative estimate of drug-likeness (QED) is 0.422. The van der Waals surface area contributed by atoms with Crippen molar-refractivity contribution in [3.63, 3.8) is 0 Å². The summed E-state index contributed by atoms with van der Waals surface area (Å²) >= 11 is 0. The van der Waals surface area contributed by atoms with Crippen LogP contribution < -0.4 is 0 Å². The highest BCUT2D eigenvalue weighted by Gasteiger charge is 2.48. The standard InChI is InChI=1S/C11H20O7/c1-3-4-5-17-8-6(12)9(11(15)16-2)18-10(14)7(8)13/h6-10,12-14H,3-5H2,1-2H3/t6-,7-,8?,9+,10?/m0/s1. The number of unbranched alkanes of at least 4 members (excludes halogenated alkanes) is 1. The highest BCUT2D eigenvalue weighted by molar-refractivity contribution is 5.75. The molecule has 0 aromatic rings. The number of aliphatic hydroxyl groups excluding tert-OH is 3. The van der Waals surface area contributed by atoms with E-state index in [1.54, 1.807) is 0 Å². The van der Waals surface area contributed by atoms with Crippen LogP contribution in [-0.4, -0.2) is 65.7 Å². The zero-order valence-corrected chi connectivity index (χ0v) is 10.5. The lowest BCUT2D eigenvalue weighted by Gasteiger charge is -2.39. The van der Waals surface area contributed by atoms with Gasteiger partial charge in [-0.05, 0) is 6.42 Å². The van der Waals surface area contributed by atoms with Crippen molar-refractivity contribution in [2.24, 2.45) is 0 Å². The van der Waals surface area contributed by atoms with E-state index in [1.165, 1.54) is 0 Å².